The second-order valence-corrected chi connectivity index (χ2v) is 6.93. The molecule has 1 fully saturated rings. The number of hydrogen-bond donors (Lipinski definition) is 2. The summed E-state index contributed by atoms with van der Waals surface area (Å²) in [5, 5.41) is 5.84. The highest BCUT2D eigenvalue weighted by atomic mass is 16.5. The Morgan fingerprint density at radius 1 is 1.36 bits per heavy atom. The number of nitrogens with one attached hydrogen (secondary N) is 2. The molecule has 6 heteroatoms. The molecule has 0 aromatic heterocycles. The number of anilines is 1. The van der Waals surface area contributed by atoms with Crippen LogP contribution in [0.3, 0.4) is 0 Å². The van der Waals surface area contributed by atoms with Gasteiger partial charge in [0.25, 0.3) is 0 Å². The van der Waals surface area contributed by atoms with Crippen LogP contribution in [-0.4, -0.2) is 56.6 Å². The number of Topliss-reactive ketones (excluding diaryl/α,β-unsaturated/α-hetero) is 1. The van der Waals surface area contributed by atoms with E-state index in [1.165, 1.54) is 0 Å². The second kappa shape index (κ2) is 8.45. The highest BCUT2D eigenvalue weighted by molar-refractivity contribution is 6.01. The molecule has 0 saturated carbocycles. The fourth-order valence-corrected chi connectivity index (χ4v) is 3.66. The lowest BCUT2D eigenvalue weighted by Crippen LogP contribution is -2.34. The summed E-state index contributed by atoms with van der Waals surface area (Å²) in [6, 6.07) is 5.35. The number of ketones is 1. The number of likely N-dealkylation sites (tertiary alicyclic amines) is 1. The molecule has 1 aromatic carbocycles. The van der Waals surface area contributed by atoms with Gasteiger partial charge in [0, 0.05) is 51.0 Å². The molecule has 2 N–H and O–H groups in total. The van der Waals surface area contributed by atoms with Crippen molar-refractivity contribution >= 4 is 17.5 Å². The number of carbonyl (C=O) groups excluding carboxylic acids is 2. The maximum atomic E-state index is 12.1. The largest absolute Gasteiger partial charge is 0.385 e. The van der Waals surface area contributed by atoms with Crippen LogP contribution in [0, 0.1) is 5.92 Å². The summed E-state index contributed by atoms with van der Waals surface area (Å²) in [5.74, 6) is 0.702. The maximum absolute atomic E-state index is 12.1. The van der Waals surface area contributed by atoms with Crippen molar-refractivity contribution in [2.24, 2.45) is 5.92 Å². The number of amides is 2. The Bertz CT molecular complexity index is 632. The molecule has 2 aliphatic rings. The lowest BCUT2D eigenvalue weighted by atomic mass is 10.1. The summed E-state index contributed by atoms with van der Waals surface area (Å²) >= 11 is 0. The van der Waals surface area contributed by atoms with Gasteiger partial charge in [0.15, 0.2) is 5.78 Å². The first-order valence-corrected chi connectivity index (χ1v) is 9.08. The molecular weight excluding hydrogens is 318 g/mol. The number of hydrogen-bond acceptors (Lipinski definition) is 4. The molecule has 25 heavy (non-hydrogen) atoms. The third kappa shape index (κ3) is 4.80. The van der Waals surface area contributed by atoms with Crippen LogP contribution in [0.25, 0.3) is 0 Å². The van der Waals surface area contributed by atoms with Gasteiger partial charge in [-0.15, -0.1) is 0 Å². The monoisotopic (exact) mass is 345 g/mol. The summed E-state index contributed by atoms with van der Waals surface area (Å²) < 4.78 is 5.09. The molecule has 0 spiro atoms. The van der Waals surface area contributed by atoms with Crippen LogP contribution in [0.2, 0.25) is 0 Å². The van der Waals surface area contributed by atoms with E-state index in [4.69, 9.17) is 4.74 Å². The van der Waals surface area contributed by atoms with E-state index < -0.39 is 0 Å². The molecule has 2 amide bonds. The number of ether oxygens (including phenoxy) is 1. The van der Waals surface area contributed by atoms with Crippen molar-refractivity contribution in [1.82, 2.24) is 10.2 Å². The fourth-order valence-electron chi connectivity index (χ4n) is 3.66. The summed E-state index contributed by atoms with van der Waals surface area (Å²) in [6.07, 6.45) is 3.52. The molecular formula is C19H27N3O3. The zero-order valence-corrected chi connectivity index (χ0v) is 14.8. The zero-order valence-electron chi connectivity index (χ0n) is 14.8. The van der Waals surface area contributed by atoms with Crippen molar-refractivity contribution in [2.45, 2.75) is 25.7 Å². The van der Waals surface area contributed by atoms with Gasteiger partial charge >= 0.3 is 6.03 Å². The first kappa shape index (κ1) is 17.9. The van der Waals surface area contributed by atoms with Gasteiger partial charge in [-0.2, -0.15) is 0 Å². The van der Waals surface area contributed by atoms with Crippen LogP contribution < -0.4 is 10.6 Å². The number of fused-ring (bicyclic) bond motifs is 1. The van der Waals surface area contributed by atoms with E-state index in [2.05, 4.69) is 15.5 Å². The number of rotatable bonds is 7. The number of methoxy groups -OCH3 is 1. The average molecular weight is 345 g/mol. The first-order valence-electron chi connectivity index (χ1n) is 9.08. The molecule has 0 unspecified atom stereocenters. The van der Waals surface area contributed by atoms with Crippen LogP contribution in [-0.2, 0) is 11.2 Å². The number of nitrogens with zero attached hydrogens (tertiary/aromatic N) is 1. The molecule has 1 aromatic rings. The highest BCUT2D eigenvalue weighted by Gasteiger charge is 2.23. The Kier molecular flexibility index (Phi) is 6.04. The average Bonchev–Trinajstić information content (AvgIpc) is 3.20. The van der Waals surface area contributed by atoms with Crippen molar-refractivity contribution < 1.29 is 14.3 Å². The number of aryl methyl sites for hydroxylation is 1. The lowest BCUT2D eigenvalue weighted by molar-refractivity contribution is 0.0994. The summed E-state index contributed by atoms with van der Waals surface area (Å²) in [5.41, 5.74) is 2.58. The fraction of sp³-hybridized carbons (Fsp3) is 0.579. The van der Waals surface area contributed by atoms with Crippen LogP contribution in [0.1, 0.15) is 35.2 Å². The molecule has 1 heterocycles. The van der Waals surface area contributed by atoms with Gasteiger partial charge in [0.05, 0.1) is 0 Å². The Hall–Kier alpha value is -1.92. The molecule has 1 aliphatic carbocycles. The summed E-state index contributed by atoms with van der Waals surface area (Å²) in [7, 11) is 1.73. The van der Waals surface area contributed by atoms with Gasteiger partial charge in [0.1, 0.15) is 0 Å². The third-order valence-electron chi connectivity index (χ3n) is 5.03. The van der Waals surface area contributed by atoms with E-state index in [0.29, 0.717) is 18.9 Å². The molecule has 6 nitrogen and oxygen atoms in total. The van der Waals surface area contributed by atoms with Crippen molar-refractivity contribution in [2.75, 3.05) is 45.2 Å². The molecule has 0 radical (unpaired) electrons. The van der Waals surface area contributed by atoms with Crippen LogP contribution >= 0.6 is 0 Å². The summed E-state index contributed by atoms with van der Waals surface area (Å²) in [4.78, 5) is 26.2. The number of urea groups is 1. The van der Waals surface area contributed by atoms with Crippen molar-refractivity contribution in [3.8, 4) is 0 Å². The minimum atomic E-state index is -0.179. The first-order chi connectivity index (χ1) is 12.2. The zero-order chi connectivity index (χ0) is 17.6. The van der Waals surface area contributed by atoms with E-state index in [1.54, 1.807) is 13.2 Å². The van der Waals surface area contributed by atoms with E-state index in [0.717, 1.165) is 62.3 Å². The van der Waals surface area contributed by atoms with E-state index >= 15 is 0 Å². The Morgan fingerprint density at radius 3 is 3.08 bits per heavy atom. The van der Waals surface area contributed by atoms with Crippen LogP contribution in [0.4, 0.5) is 10.5 Å². The summed E-state index contributed by atoms with van der Waals surface area (Å²) in [6.45, 7) is 4.68. The molecule has 1 aliphatic heterocycles. The quantitative estimate of drug-likeness (QED) is 0.744. The van der Waals surface area contributed by atoms with Gasteiger partial charge in [0.2, 0.25) is 0 Å². The van der Waals surface area contributed by atoms with Crippen molar-refractivity contribution in [3.63, 3.8) is 0 Å². The molecule has 1 saturated heterocycles. The molecule has 136 valence electrons. The van der Waals surface area contributed by atoms with Crippen molar-refractivity contribution in [1.29, 1.82) is 0 Å². The molecule has 0 bridgehead atoms. The smallest absolute Gasteiger partial charge is 0.319 e. The van der Waals surface area contributed by atoms with E-state index in [9.17, 15) is 9.59 Å². The molecule has 3 rings (SSSR count). The maximum Gasteiger partial charge on any atom is 0.319 e. The molecule has 1 atom stereocenters. The number of benzene rings is 1. The van der Waals surface area contributed by atoms with Crippen molar-refractivity contribution in [3.05, 3.63) is 29.3 Å². The van der Waals surface area contributed by atoms with Gasteiger partial charge in [-0.05, 0) is 55.5 Å². The van der Waals surface area contributed by atoms with E-state index in [-0.39, 0.29) is 11.8 Å². The third-order valence-corrected chi connectivity index (χ3v) is 5.03. The Morgan fingerprint density at radius 2 is 2.24 bits per heavy atom. The lowest BCUT2D eigenvalue weighted by Gasteiger charge is -2.16. The Balaban J connectivity index is 1.39. The number of carbonyl (C=O) groups is 2. The standard InChI is InChI=1S/C19H27N3O3/c1-25-10-2-8-22-9-7-14(13-22)12-20-19(24)21-16-4-5-17-15(11-16)3-6-18(17)23/h4-5,11,14H,2-3,6-10,12-13H2,1H3,(H2,20,21,24)/t14-/m0/s1. The minimum absolute atomic E-state index is 0.179. The van der Waals surface area contributed by atoms with Crippen LogP contribution in [0.15, 0.2) is 18.2 Å². The van der Waals surface area contributed by atoms with Gasteiger partial charge in [-0.1, -0.05) is 0 Å². The SMILES string of the molecule is COCCCN1CC[C@@H](CNC(=O)Nc2ccc3c(c2)CCC3=O)C1. The second-order valence-electron chi connectivity index (χ2n) is 6.93. The topological polar surface area (TPSA) is 70.7 Å². The highest BCUT2D eigenvalue weighted by Crippen LogP contribution is 2.25. The minimum Gasteiger partial charge on any atom is -0.385 e. The predicted molar refractivity (Wildman–Crippen MR) is 97.2 cm³/mol. The Labute approximate surface area is 148 Å². The van der Waals surface area contributed by atoms with Gasteiger partial charge < -0.3 is 20.3 Å². The van der Waals surface area contributed by atoms with Gasteiger partial charge in [-0.3, -0.25) is 4.79 Å². The van der Waals surface area contributed by atoms with E-state index in [1.807, 2.05) is 12.1 Å². The normalized spacial score (nSPS) is 19.9. The van der Waals surface area contributed by atoms with Gasteiger partial charge in [-0.25, -0.2) is 4.79 Å². The van der Waals surface area contributed by atoms with Crippen LogP contribution in [0.5, 0.6) is 0 Å². The predicted octanol–water partition coefficient (Wildman–Crippen LogP) is 2.30.